The smallest absolute Gasteiger partial charge is 0.323 e. The quantitative estimate of drug-likeness (QED) is 0.628. The number of methoxy groups -OCH3 is 1. The standard InChI is InChI=1S/C10H19NO4/c1-4-6-8(10(13)15-5-2)11-7-9(12)14-3/h8,11H,4-7H2,1-3H3. The zero-order chi connectivity index (χ0) is 11.7. The van der Waals surface area contributed by atoms with Crippen molar-refractivity contribution in [3.63, 3.8) is 0 Å². The number of carbonyl (C=O) groups is 2. The van der Waals surface area contributed by atoms with E-state index in [1.165, 1.54) is 7.11 Å². The molecule has 0 radical (unpaired) electrons. The fraction of sp³-hybridized carbons (Fsp3) is 0.800. The lowest BCUT2D eigenvalue weighted by Gasteiger charge is -2.15. The molecule has 88 valence electrons. The molecule has 0 aliphatic carbocycles. The van der Waals surface area contributed by atoms with Gasteiger partial charge in [0, 0.05) is 0 Å². The van der Waals surface area contributed by atoms with Crippen LogP contribution in [0.15, 0.2) is 0 Å². The van der Waals surface area contributed by atoms with Crippen LogP contribution in [0.2, 0.25) is 0 Å². The molecule has 0 saturated heterocycles. The summed E-state index contributed by atoms with van der Waals surface area (Å²) in [6.07, 6.45) is 1.49. The second kappa shape index (κ2) is 8.23. The van der Waals surface area contributed by atoms with E-state index in [1.807, 2.05) is 6.92 Å². The monoisotopic (exact) mass is 217 g/mol. The summed E-state index contributed by atoms with van der Waals surface area (Å²) < 4.78 is 9.33. The molecule has 0 bridgehead atoms. The Labute approximate surface area is 90.1 Å². The summed E-state index contributed by atoms with van der Waals surface area (Å²) in [6.45, 7) is 4.09. The van der Waals surface area contributed by atoms with E-state index in [4.69, 9.17) is 4.74 Å². The Bertz CT molecular complexity index is 206. The molecule has 0 heterocycles. The van der Waals surface area contributed by atoms with Crippen molar-refractivity contribution in [1.29, 1.82) is 0 Å². The van der Waals surface area contributed by atoms with Crippen LogP contribution in [0, 0.1) is 0 Å². The Morgan fingerprint density at radius 3 is 2.47 bits per heavy atom. The van der Waals surface area contributed by atoms with Crippen LogP contribution < -0.4 is 5.32 Å². The largest absolute Gasteiger partial charge is 0.468 e. The zero-order valence-corrected chi connectivity index (χ0v) is 9.54. The van der Waals surface area contributed by atoms with E-state index >= 15 is 0 Å². The van der Waals surface area contributed by atoms with E-state index in [0.717, 1.165) is 6.42 Å². The predicted molar refractivity (Wildman–Crippen MR) is 55.3 cm³/mol. The highest BCUT2D eigenvalue weighted by atomic mass is 16.5. The van der Waals surface area contributed by atoms with Gasteiger partial charge in [0.1, 0.15) is 6.04 Å². The number of ether oxygens (including phenoxy) is 2. The normalized spacial score (nSPS) is 11.9. The molecule has 5 heteroatoms. The lowest BCUT2D eigenvalue weighted by Crippen LogP contribution is -2.41. The van der Waals surface area contributed by atoms with Gasteiger partial charge >= 0.3 is 11.9 Å². The fourth-order valence-corrected chi connectivity index (χ4v) is 1.11. The number of nitrogens with one attached hydrogen (secondary N) is 1. The molecular formula is C10H19NO4. The number of rotatable bonds is 7. The molecule has 0 fully saturated rings. The number of carbonyl (C=O) groups excluding carboxylic acids is 2. The molecule has 0 aliphatic rings. The van der Waals surface area contributed by atoms with E-state index in [0.29, 0.717) is 13.0 Å². The first-order valence-corrected chi connectivity index (χ1v) is 5.12. The predicted octanol–water partition coefficient (Wildman–Crippen LogP) is 0.481. The summed E-state index contributed by atoms with van der Waals surface area (Å²) in [4.78, 5) is 22.3. The Kier molecular flexibility index (Phi) is 7.62. The fourth-order valence-electron chi connectivity index (χ4n) is 1.11. The molecule has 1 N–H and O–H groups in total. The maximum atomic E-state index is 11.4. The second-order valence-corrected chi connectivity index (χ2v) is 3.05. The van der Waals surface area contributed by atoms with Gasteiger partial charge in [-0.05, 0) is 13.3 Å². The minimum absolute atomic E-state index is 0.0278. The van der Waals surface area contributed by atoms with Crippen molar-refractivity contribution in [3.8, 4) is 0 Å². The summed E-state index contributed by atoms with van der Waals surface area (Å²) in [7, 11) is 1.31. The van der Waals surface area contributed by atoms with Crippen LogP contribution >= 0.6 is 0 Å². The van der Waals surface area contributed by atoms with E-state index in [-0.39, 0.29) is 18.5 Å². The van der Waals surface area contributed by atoms with Gasteiger partial charge in [-0.1, -0.05) is 13.3 Å². The van der Waals surface area contributed by atoms with Gasteiger partial charge in [-0.2, -0.15) is 0 Å². The van der Waals surface area contributed by atoms with Crippen LogP contribution in [0.5, 0.6) is 0 Å². The molecule has 0 aromatic carbocycles. The van der Waals surface area contributed by atoms with Crippen LogP contribution in [0.3, 0.4) is 0 Å². The van der Waals surface area contributed by atoms with Crippen molar-refractivity contribution in [3.05, 3.63) is 0 Å². The first kappa shape index (κ1) is 13.9. The topological polar surface area (TPSA) is 64.6 Å². The molecule has 0 spiro atoms. The van der Waals surface area contributed by atoms with Crippen molar-refractivity contribution in [2.75, 3.05) is 20.3 Å². The van der Waals surface area contributed by atoms with E-state index < -0.39 is 6.04 Å². The first-order valence-electron chi connectivity index (χ1n) is 5.12. The molecule has 15 heavy (non-hydrogen) atoms. The molecule has 5 nitrogen and oxygen atoms in total. The van der Waals surface area contributed by atoms with Gasteiger partial charge < -0.3 is 9.47 Å². The molecule has 0 aromatic heterocycles. The van der Waals surface area contributed by atoms with Crippen LogP contribution in [0.4, 0.5) is 0 Å². The molecule has 0 aromatic rings. The lowest BCUT2D eigenvalue weighted by molar-refractivity contribution is -0.146. The molecule has 1 atom stereocenters. The Hall–Kier alpha value is -1.10. The molecular weight excluding hydrogens is 198 g/mol. The van der Waals surface area contributed by atoms with Crippen molar-refractivity contribution >= 4 is 11.9 Å². The summed E-state index contributed by atoms with van der Waals surface area (Å²) in [5.74, 6) is -0.705. The van der Waals surface area contributed by atoms with Crippen molar-refractivity contribution < 1.29 is 19.1 Å². The zero-order valence-electron chi connectivity index (χ0n) is 9.54. The van der Waals surface area contributed by atoms with Crippen molar-refractivity contribution in [2.45, 2.75) is 32.7 Å². The highest BCUT2D eigenvalue weighted by Gasteiger charge is 2.18. The highest BCUT2D eigenvalue weighted by molar-refractivity contribution is 5.77. The van der Waals surface area contributed by atoms with Gasteiger partial charge in [0.05, 0.1) is 20.3 Å². The van der Waals surface area contributed by atoms with Crippen molar-refractivity contribution in [1.82, 2.24) is 5.32 Å². The third kappa shape index (κ3) is 6.06. The average Bonchev–Trinajstić information content (AvgIpc) is 2.23. The number of esters is 2. The third-order valence-corrected chi connectivity index (χ3v) is 1.87. The second-order valence-electron chi connectivity index (χ2n) is 3.05. The summed E-state index contributed by atoms with van der Waals surface area (Å²) in [6, 6.07) is -0.422. The molecule has 1 unspecified atom stereocenters. The van der Waals surface area contributed by atoms with E-state index in [2.05, 4.69) is 10.1 Å². The third-order valence-electron chi connectivity index (χ3n) is 1.87. The summed E-state index contributed by atoms with van der Waals surface area (Å²) in [5.41, 5.74) is 0. The van der Waals surface area contributed by atoms with Gasteiger partial charge in [0.15, 0.2) is 0 Å². The van der Waals surface area contributed by atoms with Crippen molar-refractivity contribution in [2.24, 2.45) is 0 Å². The number of hydrogen-bond acceptors (Lipinski definition) is 5. The molecule has 0 rings (SSSR count). The van der Waals surface area contributed by atoms with Crippen LogP contribution in [0.25, 0.3) is 0 Å². The van der Waals surface area contributed by atoms with Crippen LogP contribution in [-0.2, 0) is 19.1 Å². The summed E-state index contributed by atoms with van der Waals surface area (Å²) in [5, 5.41) is 2.81. The SMILES string of the molecule is CCCC(NCC(=O)OC)C(=O)OCC. The Morgan fingerprint density at radius 1 is 1.33 bits per heavy atom. The van der Waals surface area contributed by atoms with E-state index in [9.17, 15) is 9.59 Å². The van der Waals surface area contributed by atoms with Crippen LogP contribution in [0.1, 0.15) is 26.7 Å². The van der Waals surface area contributed by atoms with E-state index in [1.54, 1.807) is 6.92 Å². The van der Waals surface area contributed by atoms with Gasteiger partial charge in [0.2, 0.25) is 0 Å². The lowest BCUT2D eigenvalue weighted by atomic mass is 10.1. The number of hydrogen-bond donors (Lipinski definition) is 1. The molecule has 0 aliphatic heterocycles. The summed E-state index contributed by atoms with van der Waals surface area (Å²) >= 11 is 0. The minimum Gasteiger partial charge on any atom is -0.468 e. The van der Waals surface area contributed by atoms with Gasteiger partial charge in [-0.15, -0.1) is 0 Å². The minimum atomic E-state index is -0.422. The van der Waals surface area contributed by atoms with Gasteiger partial charge in [-0.25, -0.2) is 0 Å². The van der Waals surface area contributed by atoms with Gasteiger partial charge in [0.25, 0.3) is 0 Å². The highest BCUT2D eigenvalue weighted by Crippen LogP contribution is 1.99. The molecule has 0 amide bonds. The average molecular weight is 217 g/mol. The van der Waals surface area contributed by atoms with Crippen LogP contribution in [-0.4, -0.2) is 38.2 Å². The first-order chi connectivity index (χ1) is 7.15. The Balaban J connectivity index is 4.02. The maximum Gasteiger partial charge on any atom is 0.323 e. The maximum absolute atomic E-state index is 11.4. The Morgan fingerprint density at radius 2 is 2.00 bits per heavy atom. The molecule has 0 saturated carbocycles. The van der Waals surface area contributed by atoms with Gasteiger partial charge in [-0.3, -0.25) is 14.9 Å².